The molecule has 0 radical (unpaired) electrons. The van der Waals surface area contributed by atoms with E-state index in [1.54, 1.807) is 0 Å². The van der Waals surface area contributed by atoms with Crippen molar-refractivity contribution >= 4 is 11.9 Å². The van der Waals surface area contributed by atoms with Gasteiger partial charge in [-0.25, -0.2) is 4.68 Å². The van der Waals surface area contributed by atoms with Gasteiger partial charge in [-0.2, -0.15) is 0 Å². The van der Waals surface area contributed by atoms with Crippen molar-refractivity contribution in [2.45, 2.75) is 58.4 Å². The number of nitrogens with zero attached hydrogens (tertiary/aromatic N) is 3. The minimum atomic E-state index is -0.378. The molecule has 3 atom stereocenters. The summed E-state index contributed by atoms with van der Waals surface area (Å²) >= 11 is 0. The SMILES string of the molecule is CCCn1nnc2c1CCC1C(CC2)C1COC(=O)CCC(=O)OC. The fourth-order valence-corrected chi connectivity index (χ4v) is 4.03. The van der Waals surface area contributed by atoms with Gasteiger partial charge in [-0.3, -0.25) is 9.59 Å². The van der Waals surface area contributed by atoms with E-state index in [2.05, 4.69) is 26.7 Å². The number of rotatable bonds is 7. The van der Waals surface area contributed by atoms with Crippen molar-refractivity contribution in [3.05, 3.63) is 11.4 Å². The van der Waals surface area contributed by atoms with Gasteiger partial charge in [-0.1, -0.05) is 12.1 Å². The van der Waals surface area contributed by atoms with Gasteiger partial charge in [-0.05, 0) is 49.9 Å². The van der Waals surface area contributed by atoms with Crippen molar-refractivity contribution in [1.29, 1.82) is 0 Å². The highest BCUT2D eigenvalue weighted by molar-refractivity contribution is 5.77. The number of fused-ring (bicyclic) bond motifs is 2. The van der Waals surface area contributed by atoms with E-state index >= 15 is 0 Å². The molecule has 1 heterocycles. The summed E-state index contributed by atoms with van der Waals surface area (Å²) in [5.41, 5.74) is 2.44. The molecule has 25 heavy (non-hydrogen) atoms. The van der Waals surface area contributed by atoms with Crippen LogP contribution in [0.1, 0.15) is 50.4 Å². The number of methoxy groups -OCH3 is 1. The molecule has 1 fully saturated rings. The second-order valence-electron chi connectivity index (χ2n) is 7.03. The molecular weight excluding hydrogens is 322 g/mol. The van der Waals surface area contributed by atoms with Gasteiger partial charge in [0, 0.05) is 6.54 Å². The molecule has 2 aliphatic carbocycles. The fourth-order valence-electron chi connectivity index (χ4n) is 4.03. The summed E-state index contributed by atoms with van der Waals surface area (Å²) in [7, 11) is 1.32. The van der Waals surface area contributed by atoms with Crippen molar-refractivity contribution in [3.8, 4) is 0 Å². The molecule has 0 amide bonds. The third kappa shape index (κ3) is 4.19. The molecule has 1 aromatic heterocycles. The van der Waals surface area contributed by atoms with Crippen LogP contribution in [-0.4, -0.2) is 40.6 Å². The number of ether oxygens (including phenoxy) is 2. The molecule has 0 saturated heterocycles. The first-order chi connectivity index (χ1) is 12.1. The quantitative estimate of drug-likeness (QED) is 0.700. The number of hydrogen-bond acceptors (Lipinski definition) is 6. The Morgan fingerprint density at radius 1 is 1.16 bits per heavy atom. The molecule has 0 bridgehead atoms. The maximum atomic E-state index is 11.7. The van der Waals surface area contributed by atoms with Crippen LogP contribution in [0.5, 0.6) is 0 Å². The number of aryl methyl sites for hydroxylation is 2. The van der Waals surface area contributed by atoms with Crippen molar-refractivity contribution in [1.82, 2.24) is 15.0 Å². The second kappa shape index (κ2) is 7.97. The maximum absolute atomic E-state index is 11.7. The molecule has 7 heteroatoms. The minimum absolute atomic E-state index is 0.0851. The summed E-state index contributed by atoms with van der Waals surface area (Å²) in [6.45, 7) is 3.55. The van der Waals surface area contributed by atoms with Crippen LogP contribution >= 0.6 is 0 Å². The second-order valence-corrected chi connectivity index (χ2v) is 7.03. The van der Waals surface area contributed by atoms with Gasteiger partial charge in [0.1, 0.15) is 0 Å². The van der Waals surface area contributed by atoms with E-state index < -0.39 is 0 Å². The van der Waals surface area contributed by atoms with E-state index in [4.69, 9.17) is 4.74 Å². The van der Waals surface area contributed by atoms with Crippen LogP contribution in [0.15, 0.2) is 0 Å². The molecular formula is C18H27N3O4. The smallest absolute Gasteiger partial charge is 0.306 e. The van der Waals surface area contributed by atoms with E-state index in [9.17, 15) is 9.59 Å². The first kappa shape index (κ1) is 17.9. The van der Waals surface area contributed by atoms with Gasteiger partial charge < -0.3 is 9.47 Å². The number of aromatic nitrogens is 3. The van der Waals surface area contributed by atoms with Crippen LogP contribution in [-0.2, 0) is 38.4 Å². The maximum Gasteiger partial charge on any atom is 0.306 e. The molecule has 0 spiro atoms. The molecule has 7 nitrogen and oxygen atoms in total. The Labute approximate surface area is 148 Å². The van der Waals surface area contributed by atoms with Gasteiger partial charge >= 0.3 is 11.9 Å². The zero-order chi connectivity index (χ0) is 17.8. The average molecular weight is 349 g/mol. The van der Waals surface area contributed by atoms with Crippen molar-refractivity contribution in [2.24, 2.45) is 17.8 Å². The third-order valence-corrected chi connectivity index (χ3v) is 5.49. The Balaban J connectivity index is 1.46. The monoisotopic (exact) mass is 349 g/mol. The number of carbonyl (C=O) groups is 2. The Kier molecular flexibility index (Phi) is 5.71. The predicted molar refractivity (Wildman–Crippen MR) is 89.6 cm³/mol. The summed E-state index contributed by atoms with van der Waals surface area (Å²) in [6, 6.07) is 0. The number of carbonyl (C=O) groups excluding carboxylic acids is 2. The minimum Gasteiger partial charge on any atom is -0.469 e. The van der Waals surface area contributed by atoms with Gasteiger partial charge in [0.15, 0.2) is 0 Å². The fraction of sp³-hybridized carbons (Fsp3) is 0.778. The van der Waals surface area contributed by atoms with Crippen LogP contribution < -0.4 is 0 Å². The summed E-state index contributed by atoms with van der Waals surface area (Å²) < 4.78 is 12.0. The molecule has 0 aromatic carbocycles. The van der Waals surface area contributed by atoms with Crippen molar-refractivity contribution in [2.75, 3.05) is 13.7 Å². The average Bonchev–Trinajstić information content (AvgIpc) is 3.12. The highest BCUT2D eigenvalue weighted by atomic mass is 16.5. The lowest BCUT2D eigenvalue weighted by Crippen LogP contribution is -2.11. The molecule has 2 aliphatic rings. The molecule has 1 saturated carbocycles. The Morgan fingerprint density at radius 2 is 1.88 bits per heavy atom. The summed E-state index contributed by atoms with van der Waals surface area (Å²) in [5, 5.41) is 8.65. The lowest BCUT2D eigenvalue weighted by Gasteiger charge is -2.09. The van der Waals surface area contributed by atoms with Gasteiger partial charge in [0.05, 0.1) is 37.9 Å². The van der Waals surface area contributed by atoms with Crippen molar-refractivity contribution < 1.29 is 19.1 Å². The predicted octanol–water partition coefficient (Wildman–Crippen LogP) is 1.93. The third-order valence-electron chi connectivity index (χ3n) is 5.49. The topological polar surface area (TPSA) is 83.3 Å². The van der Waals surface area contributed by atoms with Gasteiger partial charge in [0.2, 0.25) is 0 Å². The lowest BCUT2D eigenvalue weighted by atomic mass is 10.0. The molecule has 0 N–H and O–H groups in total. The van der Waals surface area contributed by atoms with E-state index in [0.717, 1.165) is 44.3 Å². The highest BCUT2D eigenvalue weighted by Gasteiger charge is 2.50. The van der Waals surface area contributed by atoms with E-state index in [1.165, 1.54) is 12.8 Å². The molecule has 3 rings (SSSR count). The van der Waals surface area contributed by atoms with E-state index in [-0.39, 0.29) is 24.8 Å². The van der Waals surface area contributed by atoms with Crippen LogP contribution in [0.2, 0.25) is 0 Å². The molecule has 1 aromatic rings. The normalized spacial score (nSPS) is 24.5. The zero-order valence-corrected chi connectivity index (χ0v) is 15.1. The number of esters is 2. The molecule has 0 aliphatic heterocycles. The standard InChI is InChI=1S/C18H27N3O4/c1-3-10-21-16-7-5-13-12(4-6-15(16)19-20-21)14(13)11-25-18(23)9-8-17(22)24-2/h12-14H,3-11H2,1-2H3. The largest absolute Gasteiger partial charge is 0.469 e. The van der Waals surface area contributed by atoms with Gasteiger partial charge in [0.25, 0.3) is 0 Å². The lowest BCUT2D eigenvalue weighted by molar-refractivity contribution is -0.149. The van der Waals surface area contributed by atoms with E-state index in [1.807, 2.05) is 0 Å². The zero-order valence-electron chi connectivity index (χ0n) is 15.1. The van der Waals surface area contributed by atoms with Gasteiger partial charge in [-0.15, -0.1) is 5.10 Å². The van der Waals surface area contributed by atoms with Crippen molar-refractivity contribution in [3.63, 3.8) is 0 Å². The summed E-state index contributed by atoms with van der Waals surface area (Å²) in [5.74, 6) is 1.02. The summed E-state index contributed by atoms with van der Waals surface area (Å²) in [4.78, 5) is 22.8. The Hall–Kier alpha value is -1.92. The van der Waals surface area contributed by atoms with Crippen LogP contribution in [0.4, 0.5) is 0 Å². The van der Waals surface area contributed by atoms with Crippen LogP contribution in [0.25, 0.3) is 0 Å². The first-order valence-corrected chi connectivity index (χ1v) is 9.27. The molecule has 138 valence electrons. The Bertz CT molecular complexity index is 628. The number of hydrogen-bond donors (Lipinski definition) is 0. The van der Waals surface area contributed by atoms with Crippen LogP contribution in [0.3, 0.4) is 0 Å². The summed E-state index contributed by atoms with van der Waals surface area (Å²) in [6.07, 6.45) is 5.42. The highest BCUT2D eigenvalue weighted by Crippen LogP contribution is 2.52. The van der Waals surface area contributed by atoms with Crippen LogP contribution in [0, 0.1) is 17.8 Å². The first-order valence-electron chi connectivity index (χ1n) is 9.27. The Morgan fingerprint density at radius 3 is 2.60 bits per heavy atom. The van der Waals surface area contributed by atoms with E-state index in [0.29, 0.717) is 24.4 Å². The molecule has 3 unspecified atom stereocenters.